The molecule has 3 rings (SSSR count). The number of likely N-dealkylation sites (tertiary alicyclic amines) is 1. The van der Waals surface area contributed by atoms with E-state index < -0.39 is 6.61 Å². The highest BCUT2D eigenvalue weighted by atomic mass is 19.3. The van der Waals surface area contributed by atoms with Crippen LogP contribution in [0.2, 0.25) is 0 Å². The van der Waals surface area contributed by atoms with Crippen molar-refractivity contribution in [3.05, 3.63) is 29.3 Å². The first-order valence-corrected chi connectivity index (χ1v) is 9.32. The number of ether oxygens (including phenoxy) is 1. The molecule has 0 bridgehead atoms. The molecule has 6 heteroatoms. The van der Waals surface area contributed by atoms with E-state index in [1.54, 1.807) is 12.1 Å². The van der Waals surface area contributed by atoms with E-state index >= 15 is 0 Å². The quantitative estimate of drug-likeness (QED) is 0.834. The molecule has 0 aromatic heterocycles. The molecule has 1 aromatic rings. The van der Waals surface area contributed by atoms with Gasteiger partial charge in [-0.3, -0.25) is 4.79 Å². The molecule has 4 nitrogen and oxygen atoms in total. The molecule has 1 saturated heterocycles. The number of rotatable bonds is 6. The minimum Gasteiger partial charge on any atom is -0.435 e. The topological polar surface area (TPSA) is 49.8 Å². The largest absolute Gasteiger partial charge is 0.435 e. The molecular weight excluding hydrogens is 340 g/mol. The van der Waals surface area contributed by atoms with E-state index in [0.29, 0.717) is 12.3 Å². The highest BCUT2D eigenvalue weighted by Gasteiger charge is 2.50. The average Bonchev–Trinajstić information content (AvgIpc) is 2.99. The van der Waals surface area contributed by atoms with Crippen LogP contribution in [-0.2, 0) is 4.79 Å². The van der Waals surface area contributed by atoms with E-state index in [2.05, 4.69) is 4.74 Å². The molecule has 1 aliphatic heterocycles. The summed E-state index contributed by atoms with van der Waals surface area (Å²) in [6.45, 7) is 2.49. The Morgan fingerprint density at radius 1 is 1.42 bits per heavy atom. The van der Waals surface area contributed by atoms with Crippen molar-refractivity contribution in [3.63, 3.8) is 0 Å². The van der Waals surface area contributed by atoms with Crippen molar-refractivity contribution in [2.75, 3.05) is 19.7 Å². The Labute approximate surface area is 153 Å². The molecule has 2 aliphatic rings. The van der Waals surface area contributed by atoms with Crippen molar-refractivity contribution in [1.29, 1.82) is 0 Å². The fraction of sp³-hybridized carbons (Fsp3) is 0.650. The molecule has 26 heavy (non-hydrogen) atoms. The van der Waals surface area contributed by atoms with Gasteiger partial charge >= 0.3 is 6.61 Å². The standard InChI is InChI=1S/C20H27F2NO3/c1-3-14(10-24)18(25)23-11-20(12-23)7-6-15(9-20)17-5-4-16(8-13(17)2)26-19(21)22/h4-5,8,14-15,19,24H,3,6-7,9-12H2,1-2H3/t14-,15?/m1/s1. The van der Waals surface area contributed by atoms with Crippen LogP contribution in [0, 0.1) is 18.3 Å². The summed E-state index contributed by atoms with van der Waals surface area (Å²) in [5, 5.41) is 9.32. The van der Waals surface area contributed by atoms with Crippen LogP contribution in [0.5, 0.6) is 5.75 Å². The predicted molar refractivity (Wildman–Crippen MR) is 94.3 cm³/mol. The summed E-state index contributed by atoms with van der Waals surface area (Å²) in [6, 6.07) is 5.19. The normalized spacial score (nSPS) is 22.5. The zero-order chi connectivity index (χ0) is 18.9. The molecule has 1 N–H and O–H groups in total. The summed E-state index contributed by atoms with van der Waals surface area (Å²) in [7, 11) is 0. The minimum atomic E-state index is -2.81. The van der Waals surface area contributed by atoms with Crippen LogP contribution in [0.3, 0.4) is 0 Å². The van der Waals surface area contributed by atoms with Gasteiger partial charge in [-0.1, -0.05) is 13.0 Å². The van der Waals surface area contributed by atoms with E-state index in [4.69, 9.17) is 0 Å². The summed E-state index contributed by atoms with van der Waals surface area (Å²) in [4.78, 5) is 14.2. The molecule has 144 valence electrons. The zero-order valence-corrected chi connectivity index (χ0v) is 15.4. The van der Waals surface area contributed by atoms with Crippen LogP contribution in [0.4, 0.5) is 8.78 Å². The third kappa shape index (κ3) is 3.70. The fourth-order valence-corrected chi connectivity index (χ4v) is 4.60. The number of nitrogens with zero attached hydrogens (tertiary/aromatic N) is 1. The molecule has 0 radical (unpaired) electrons. The van der Waals surface area contributed by atoms with Gasteiger partial charge in [-0.25, -0.2) is 0 Å². The maximum absolute atomic E-state index is 12.3. The van der Waals surface area contributed by atoms with Crippen LogP contribution in [0.25, 0.3) is 0 Å². The van der Waals surface area contributed by atoms with Gasteiger partial charge in [0.2, 0.25) is 5.91 Å². The first-order valence-electron chi connectivity index (χ1n) is 9.32. The third-order valence-corrected chi connectivity index (χ3v) is 6.04. The van der Waals surface area contributed by atoms with Crippen LogP contribution >= 0.6 is 0 Å². The summed E-state index contributed by atoms with van der Waals surface area (Å²) in [5.41, 5.74) is 2.34. The third-order valence-electron chi connectivity index (χ3n) is 6.04. The number of aliphatic hydroxyl groups is 1. The van der Waals surface area contributed by atoms with Gasteiger partial charge in [-0.05, 0) is 61.8 Å². The molecule has 1 spiro atoms. The highest BCUT2D eigenvalue weighted by Crippen LogP contribution is 2.52. The van der Waals surface area contributed by atoms with E-state index in [1.165, 1.54) is 5.56 Å². The maximum Gasteiger partial charge on any atom is 0.387 e. The van der Waals surface area contributed by atoms with Crippen LogP contribution < -0.4 is 4.74 Å². The Bertz CT molecular complexity index is 654. The number of hydrogen-bond donors (Lipinski definition) is 1. The predicted octanol–water partition coefficient (Wildman–Crippen LogP) is 3.71. The second-order valence-corrected chi connectivity index (χ2v) is 7.82. The minimum absolute atomic E-state index is 0.0637. The molecule has 1 unspecified atom stereocenters. The Kier molecular flexibility index (Phi) is 5.51. The van der Waals surface area contributed by atoms with Crippen molar-refractivity contribution in [2.24, 2.45) is 11.3 Å². The zero-order valence-electron chi connectivity index (χ0n) is 15.4. The second-order valence-electron chi connectivity index (χ2n) is 7.82. The summed E-state index contributed by atoms with van der Waals surface area (Å²) in [6.07, 6.45) is 3.80. The van der Waals surface area contributed by atoms with Crippen molar-refractivity contribution in [2.45, 2.75) is 52.1 Å². The first kappa shape index (κ1) is 19.1. The number of aliphatic hydroxyl groups excluding tert-OH is 1. The fourth-order valence-electron chi connectivity index (χ4n) is 4.60. The lowest BCUT2D eigenvalue weighted by Gasteiger charge is -2.49. The molecule has 1 saturated carbocycles. The number of alkyl halides is 2. The van der Waals surface area contributed by atoms with Gasteiger partial charge in [0, 0.05) is 18.5 Å². The number of carbonyl (C=O) groups excluding carboxylic acids is 1. The lowest BCUT2D eigenvalue weighted by Crippen LogP contribution is -2.58. The molecule has 2 atom stereocenters. The van der Waals surface area contributed by atoms with Crippen molar-refractivity contribution in [3.8, 4) is 5.75 Å². The number of halogens is 2. The first-order chi connectivity index (χ1) is 12.4. The highest BCUT2D eigenvalue weighted by molar-refractivity contribution is 5.80. The van der Waals surface area contributed by atoms with Gasteiger partial charge in [0.05, 0.1) is 12.5 Å². The Morgan fingerprint density at radius 2 is 2.15 bits per heavy atom. The van der Waals surface area contributed by atoms with Crippen molar-refractivity contribution < 1.29 is 23.4 Å². The van der Waals surface area contributed by atoms with Crippen molar-refractivity contribution in [1.82, 2.24) is 4.90 Å². The van der Waals surface area contributed by atoms with Crippen LogP contribution in [0.1, 0.15) is 49.7 Å². The Hall–Kier alpha value is -1.69. The van der Waals surface area contributed by atoms with Crippen LogP contribution in [0.15, 0.2) is 18.2 Å². The van der Waals surface area contributed by atoms with E-state index in [0.717, 1.165) is 37.9 Å². The molecule has 2 fully saturated rings. The summed E-state index contributed by atoms with van der Waals surface area (Å²) in [5.74, 6) is 0.375. The van der Waals surface area contributed by atoms with Gasteiger partial charge < -0.3 is 14.7 Å². The Balaban J connectivity index is 1.61. The molecule has 1 heterocycles. The summed E-state index contributed by atoms with van der Waals surface area (Å²) < 4.78 is 29.2. The van der Waals surface area contributed by atoms with E-state index in [9.17, 15) is 18.7 Å². The second kappa shape index (κ2) is 7.51. The lowest BCUT2D eigenvalue weighted by atomic mass is 9.76. The number of aryl methyl sites for hydroxylation is 1. The SMILES string of the molecule is CC[C@H](CO)C(=O)N1CC2(CCC(c3ccc(OC(F)F)cc3C)C2)C1. The number of amides is 1. The van der Waals surface area contributed by atoms with Crippen molar-refractivity contribution >= 4 is 5.91 Å². The molecular formula is C20H27F2NO3. The monoisotopic (exact) mass is 367 g/mol. The molecule has 1 aromatic carbocycles. The molecule has 1 aliphatic carbocycles. The van der Waals surface area contributed by atoms with Crippen LogP contribution in [-0.4, -0.2) is 42.2 Å². The Morgan fingerprint density at radius 3 is 2.73 bits per heavy atom. The molecule has 1 amide bonds. The number of carbonyl (C=O) groups is 1. The summed E-state index contributed by atoms with van der Waals surface area (Å²) >= 11 is 0. The number of benzene rings is 1. The average molecular weight is 367 g/mol. The van der Waals surface area contributed by atoms with Gasteiger partial charge in [0.25, 0.3) is 0 Å². The maximum atomic E-state index is 12.3. The van der Waals surface area contributed by atoms with E-state index in [1.807, 2.05) is 24.8 Å². The number of hydrogen-bond acceptors (Lipinski definition) is 3. The smallest absolute Gasteiger partial charge is 0.387 e. The van der Waals surface area contributed by atoms with E-state index in [-0.39, 0.29) is 29.6 Å². The van der Waals surface area contributed by atoms with Gasteiger partial charge in [-0.2, -0.15) is 8.78 Å². The van der Waals surface area contributed by atoms with Gasteiger partial charge in [0.1, 0.15) is 5.75 Å². The van der Waals surface area contributed by atoms with Gasteiger partial charge in [0.15, 0.2) is 0 Å². The lowest BCUT2D eigenvalue weighted by molar-refractivity contribution is -0.149. The van der Waals surface area contributed by atoms with Gasteiger partial charge in [-0.15, -0.1) is 0 Å².